The summed E-state index contributed by atoms with van der Waals surface area (Å²) in [5.41, 5.74) is 1.78. The Labute approximate surface area is 113 Å². The molecule has 1 aromatic carbocycles. The number of thiazole rings is 1. The molecule has 0 atom stereocenters. The molecule has 17 heavy (non-hydrogen) atoms. The van der Waals surface area contributed by atoms with Crippen LogP contribution in [0.3, 0.4) is 0 Å². The summed E-state index contributed by atoms with van der Waals surface area (Å²) in [4.78, 5) is 4.60. The van der Waals surface area contributed by atoms with Crippen LogP contribution in [0.5, 0.6) is 0 Å². The minimum atomic E-state index is -0.274. The number of benzene rings is 1. The van der Waals surface area contributed by atoms with Gasteiger partial charge in [0.25, 0.3) is 0 Å². The van der Waals surface area contributed by atoms with Crippen molar-refractivity contribution in [1.29, 1.82) is 0 Å². The van der Waals surface area contributed by atoms with Crippen LogP contribution in [-0.4, -0.2) is 16.7 Å². The standard InChI is InChI=1S/C13H14BrNOS/c1-13(2,8-16)11-7-17-12(15-11)9-3-5-10(14)6-4-9/h3-7,16H,8H2,1-2H3. The molecule has 0 bridgehead atoms. The normalized spacial score (nSPS) is 11.8. The molecule has 1 heterocycles. The highest BCUT2D eigenvalue weighted by Crippen LogP contribution is 2.30. The maximum atomic E-state index is 9.32. The maximum absolute atomic E-state index is 9.32. The van der Waals surface area contributed by atoms with E-state index in [1.54, 1.807) is 11.3 Å². The van der Waals surface area contributed by atoms with E-state index in [2.05, 4.69) is 20.9 Å². The first-order valence-electron chi connectivity index (χ1n) is 5.36. The molecule has 0 aliphatic rings. The van der Waals surface area contributed by atoms with Crippen molar-refractivity contribution < 1.29 is 5.11 Å². The zero-order chi connectivity index (χ0) is 12.5. The zero-order valence-electron chi connectivity index (χ0n) is 9.77. The summed E-state index contributed by atoms with van der Waals surface area (Å²) < 4.78 is 1.06. The lowest BCUT2D eigenvalue weighted by Crippen LogP contribution is -2.22. The lowest BCUT2D eigenvalue weighted by molar-refractivity contribution is 0.216. The van der Waals surface area contributed by atoms with Gasteiger partial charge >= 0.3 is 0 Å². The molecule has 4 heteroatoms. The molecule has 2 nitrogen and oxygen atoms in total. The van der Waals surface area contributed by atoms with E-state index < -0.39 is 0 Å². The van der Waals surface area contributed by atoms with Crippen LogP contribution in [0.2, 0.25) is 0 Å². The summed E-state index contributed by atoms with van der Waals surface area (Å²) in [6.07, 6.45) is 0. The Balaban J connectivity index is 2.33. The van der Waals surface area contributed by atoms with Crippen LogP contribution in [0.25, 0.3) is 10.6 Å². The number of aliphatic hydroxyl groups is 1. The summed E-state index contributed by atoms with van der Waals surface area (Å²) in [6, 6.07) is 8.10. The van der Waals surface area contributed by atoms with Gasteiger partial charge in [-0.25, -0.2) is 4.98 Å². The van der Waals surface area contributed by atoms with Crippen molar-refractivity contribution in [3.8, 4) is 10.6 Å². The highest BCUT2D eigenvalue weighted by Gasteiger charge is 2.22. The van der Waals surface area contributed by atoms with Gasteiger partial charge in [0.05, 0.1) is 12.3 Å². The van der Waals surface area contributed by atoms with Crippen LogP contribution in [0, 0.1) is 0 Å². The number of aromatic nitrogens is 1. The van der Waals surface area contributed by atoms with E-state index in [-0.39, 0.29) is 12.0 Å². The Morgan fingerprint density at radius 3 is 2.53 bits per heavy atom. The van der Waals surface area contributed by atoms with Gasteiger partial charge in [-0.3, -0.25) is 0 Å². The number of halogens is 1. The van der Waals surface area contributed by atoms with Crippen LogP contribution >= 0.6 is 27.3 Å². The van der Waals surface area contributed by atoms with E-state index in [1.165, 1.54) is 0 Å². The monoisotopic (exact) mass is 311 g/mol. The molecule has 0 saturated carbocycles. The average molecular weight is 312 g/mol. The van der Waals surface area contributed by atoms with Gasteiger partial charge in [0, 0.05) is 20.8 Å². The SMILES string of the molecule is CC(C)(CO)c1csc(-c2ccc(Br)cc2)n1. The van der Waals surface area contributed by atoms with Gasteiger partial charge < -0.3 is 5.11 Å². The topological polar surface area (TPSA) is 33.1 Å². The van der Waals surface area contributed by atoms with Crippen molar-refractivity contribution in [3.05, 3.63) is 39.8 Å². The molecule has 0 amide bonds. The predicted molar refractivity (Wildman–Crippen MR) is 75.4 cm³/mol. The van der Waals surface area contributed by atoms with E-state index in [0.717, 1.165) is 20.7 Å². The molecule has 0 aliphatic heterocycles. The third-order valence-electron chi connectivity index (χ3n) is 2.68. The Hall–Kier alpha value is -0.710. The van der Waals surface area contributed by atoms with Crippen LogP contribution < -0.4 is 0 Å². The second-order valence-electron chi connectivity index (χ2n) is 4.59. The first kappa shape index (κ1) is 12.7. The molecule has 0 saturated heterocycles. The summed E-state index contributed by atoms with van der Waals surface area (Å²) in [5, 5.41) is 12.3. The molecule has 0 fully saturated rings. The lowest BCUT2D eigenvalue weighted by atomic mass is 9.91. The summed E-state index contributed by atoms with van der Waals surface area (Å²) >= 11 is 5.03. The van der Waals surface area contributed by atoms with Gasteiger partial charge in [0.1, 0.15) is 5.01 Å². The molecule has 2 aromatic rings. The lowest BCUT2D eigenvalue weighted by Gasteiger charge is -2.18. The number of rotatable bonds is 3. The highest BCUT2D eigenvalue weighted by atomic mass is 79.9. The molecule has 1 N–H and O–H groups in total. The van der Waals surface area contributed by atoms with E-state index in [4.69, 9.17) is 0 Å². The van der Waals surface area contributed by atoms with Gasteiger partial charge in [-0.2, -0.15) is 0 Å². The molecule has 0 radical (unpaired) electrons. The van der Waals surface area contributed by atoms with Gasteiger partial charge in [0.15, 0.2) is 0 Å². The fourth-order valence-corrected chi connectivity index (χ4v) is 2.67. The van der Waals surface area contributed by atoms with E-state index in [1.807, 2.05) is 43.5 Å². The predicted octanol–water partition coefficient (Wildman–Crippen LogP) is 3.84. The Morgan fingerprint density at radius 2 is 1.94 bits per heavy atom. The summed E-state index contributed by atoms with van der Waals surface area (Å²) in [5.74, 6) is 0. The minimum Gasteiger partial charge on any atom is -0.395 e. The van der Waals surface area contributed by atoms with Crippen LogP contribution in [0.15, 0.2) is 34.1 Å². The molecule has 2 rings (SSSR count). The Bertz CT molecular complexity index is 504. The second-order valence-corrected chi connectivity index (χ2v) is 6.36. The molecule has 0 spiro atoms. The van der Waals surface area contributed by atoms with Crippen LogP contribution in [0.4, 0.5) is 0 Å². The van der Waals surface area contributed by atoms with E-state index >= 15 is 0 Å². The fourth-order valence-electron chi connectivity index (χ4n) is 1.39. The largest absolute Gasteiger partial charge is 0.395 e. The Kier molecular flexibility index (Phi) is 3.66. The number of aliphatic hydroxyl groups excluding tert-OH is 1. The first-order chi connectivity index (χ1) is 8.03. The zero-order valence-corrected chi connectivity index (χ0v) is 12.2. The van der Waals surface area contributed by atoms with Gasteiger partial charge in [-0.15, -0.1) is 11.3 Å². The first-order valence-corrected chi connectivity index (χ1v) is 7.03. The summed E-state index contributed by atoms with van der Waals surface area (Å²) in [7, 11) is 0. The molecule has 90 valence electrons. The highest BCUT2D eigenvalue weighted by molar-refractivity contribution is 9.10. The van der Waals surface area contributed by atoms with E-state index in [9.17, 15) is 5.11 Å². The number of hydrogen-bond acceptors (Lipinski definition) is 3. The fraction of sp³-hybridized carbons (Fsp3) is 0.308. The third kappa shape index (κ3) is 2.76. The average Bonchev–Trinajstić information content (AvgIpc) is 2.80. The van der Waals surface area contributed by atoms with Crippen molar-refractivity contribution >= 4 is 27.3 Å². The molecular formula is C13H14BrNOS. The van der Waals surface area contributed by atoms with Gasteiger partial charge in [0.2, 0.25) is 0 Å². The van der Waals surface area contributed by atoms with Gasteiger partial charge in [-0.05, 0) is 12.1 Å². The van der Waals surface area contributed by atoms with Crippen molar-refractivity contribution in [2.24, 2.45) is 0 Å². The summed E-state index contributed by atoms with van der Waals surface area (Å²) in [6.45, 7) is 4.09. The molecule has 0 aliphatic carbocycles. The smallest absolute Gasteiger partial charge is 0.123 e. The van der Waals surface area contributed by atoms with Crippen LogP contribution in [0.1, 0.15) is 19.5 Å². The quantitative estimate of drug-likeness (QED) is 0.934. The maximum Gasteiger partial charge on any atom is 0.123 e. The Morgan fingerprint density at radius 1 is 1.29 bits per heavy atom. The van der Waals surface area contributed by atoms with Gasteiger partial charge in [-0.1, -0.05) is 41.9 Å². The molecule has 0 unspecified atom stereocenters. The second kappa shape index (κ2) is 4.88. The third-order valence-corrected chi connectivity index (χ3v) is 4.10. The number of hydrogen-bond donors (Lipinski definition) is 1. The molecule has 1 aromatic heterocycles. The van der Waals surface area contributed by atoms with Crippen molar-refractivity contribution in [3.63, 3.8) is 0 Å². The number of nitrogens with zero attached hydrogens (tertiary/aromatic N) is 1. The van der Waals surface area contributed by atoms with E-state index in [0.29, 0.717) is 0 Å². The minimum absolute atomic E-state index is 0.108. The van der Waals surface area contributed by atoms with Crippen LogP contribution in [-0.2, 0) is 5.41 Å². The van der Waals surface area contributed by atoms with Crippen molar-refractivity contribution in [2.75, 3.05) is 6.61 Å². The van der Waals surface area contributed by atoms with Crippen molar-refractivity contribution in [1.82, 2.24) is 4.98 Å². The molecular weight excluding hydrogens is 298 g/mol. The van der Waals surface area contributed by atoms with Crippen molar-refractivity contribution in [2.45, 2.75) is 19.3 Å².